The summed E-state index contributed by atoms with van der Waals surface area (Å²) in [6.07, 6.45) is 0. The summed E-state index contributed by atoms with van der Waals surface area (Å²) >= 11 is 0. The second-order valence-electron chi connectivity index (χ2n) is 5.42. The molecule has 1 aromatic heterocycles. The minimum Gasteiger partial charge on any atom is -0.399 e. The van der Waals surface area contributed by atoms with Crippen LogP contribution in [0.5, 0.6) is 0 Å². The lowest BCUT2D eigenvalue weighted by atomic mass is 10.2. The summed E-state index contributed by atoms with van der Waals surface area (Å²) in [5, 5.41) is 6.56. The molecular formula is C18H19N5. The molecule has 2 aromatic carbocycles. The van der Waals surface area contributed by atoms with Crippen LogP contribution in [0.1, 0.15) is 11.4 Å². The van der Waals surface area contributed by atoms with E-state index in [9.17, 15) is 0 Å². The fraction of sp³-hybridized carbons (Fsp3) is 0.111. The number of aromatic nitrogens is 2. The first-order valence-electron chi connectivity index (χ1n) is 7.40. The van der Waals surface area contributed by atoms with Crippen LogP contribution in [0.15, 0.2) is 54.6 Å². The molecule has 5 heteroatoms. The zero-order valence-corrected chi connectivity index (χ0v) is 13.2. The minimum absolute atomic E-state index is 0.694. The first-order chi connectivity index (χ1) is 11.1. The van der Waals surface area contributed by atoms with Gasteiger partial charge in [0.1, 0.15) is 17.5 Å². The van der Waals surface area contributed by atoms with Crippen molar-refractivity contribution in [1.82, 2.24) is 9.97 Å². The van der Waals surface area contributed by atoms with Gasteiger partial charge in [0.25, 0.3) is 0 Å². The number of hydrogen-bond donors (Lipinski definition) is 3. The van der Waals surface area contributed by atoms with E-state index in [0.717, 1.165) is 28.7 Å². The van der Waals surface area contributed by atoms with Gasteiger partial charge in [-0.05, 0) is 50.2 Å². The van der Waals surface area contributed by atoms with Gasteiger partial charge in [-0.2, -0.15) is 0 Å². The summed E-state index contributed by atoms with van der Waals surface area (Å²) in [4.78, 5) is 8.84. The van der Waals surface area contributed by atoms with Crippen molar-refractivity contribution in [3.8, 4) is 0 Å². The molecule has 0 amide bonds. The number of nitrogen functional groups attached to an aromatic ring is 1. The zero-order chi connectivity index (χ0) is 16.2. The lowest BCUT2D eigenvalue weighted by molar-refractivity contribution is 1.06. The Labute approximate surface area is 135 Å². The van der Waals surface area contributed by atoms with Gasteiger partial charge in [0.2, 0.25) is 0 Å². The molecule has 0 spiro atoms. The number of anilines is 5. The Bertz CT molecular complexity index is 729. The predicted molar refractivity (Wildman–Crippen MR) is 95.4 cm³/mol. The number of hydrogen-bond acceptors (Lipinski definition) is 5. The van der Waals surface area contributed by atoms with Crippen LogP contribution in [0, 0.1) is 13.8 Å². The van der Waals surface area contributed by atoms with Crippen LogP contribution in [0.3, 0.4) is 0 Å². The Morgan fingerprint density at radius 1 is 0.739 bits per heavy atom. The van der Waals surface area contributed by atoms with Crippen LogP contribution in [-0.4, -0.2) is 9.97 Å². The Morgan fingerprint density at radius 3 is 1.74 bits per heavy atom. The van der Waals surface area contributed by atoms with E-state index in [1.54, 1.807) is 0 Å². The molecule has 5 nitrogen and oxygen atoms in total. The first-order valence-corrected chi connectivity index (χ1v) is 7.40. The highest BCUT2D eigenvalue weighted by Gasteiger charge is 2.03. The maximum absolute atomic E-state index is 5.70. The highest BCUT2D eigenvalue weighted by molar-refractivity contribution is 5.64. The van der Waals surface area contributed by atoms with E-state index in [4.69, 9.17) is 5.73 Å². The highest BCUT2D eigenvalue weighted by atomic mass is 15.1. The summed E-state index contributed by atoms with van der Waals surface area (Å²) in [6.45, 7) is 3.93. The Balaban J connectivity index is 1.81. The summed E-state index contributed by atoms with van der Waals surface area (Å²) in [5.41, 5.74) is 9.58. The Hall–Kier alpha value is -3.08. The number of nitrogens with one attached hydrogen (secondary N) is 2. The van der Waals surface area contributed by atoms with Crippen LogP contribution in [0.25, 0.3) is 0 Å². The van der Waals surface area contributed by atoms with E-state index in [1.807, 2.05) is 49.4 Å². The second kappa shape index (κ2) is 6.36. The number of rotatable bonds is 4. The van der Waals surface area contributed by atoms with E-state index < -0.39 is 0 Å². The summed E-state index contributed by atoms with van der Waals surface area (Å²) in [5.74, 6) is 2.18. The quantitative estimate of drug-likeness (QED) is 0.631. The number of benzene rings is 2. The van der Waals surface area contributed by atoms with E-state index in [1.165, 1.54) is 5.56 Å². The third kappa shape index (κ3) is 3.97. The zero-order valence-electron chi connectivity index (χ0n) is 13.2. The fourth-order valence-corrected chi connectivity index (χ4v) is 2.19. The molecule has 1 heterocycles. The van der Waals surface area contributed by atoms with Crippen molar-refractivity contribution in [2.24, 2.45) is 0 Å². The number of nitrogens with two attached hydrogens (primary N) is 1. The van der Waals surface area contributed by atoms with Crippen molar-refractivity contribution >= 4 is 28.7 Å². The molecule has 4 N–H and O–H groups in total. The van der Waals surface area contributed by atoms with Crippen LogP contribution < -0.4 is 16.4 Å². The Morgan fingerprint density at radius 2 is 1.22 bits per heavy atom. The molecule has 0 bridgehead atoms. The summed E-state index contributed by atoms with van der Waals surface area (Å²) in [7, 11) is 0. The third-order valence-electron chi connectivity index (χ3n) is 3.35. The van der Waals surface area contributed by atoms with E-state index in [-0.39, 0.29) is 0 Å². The monoisotopic (exact) mass is 305 g/mol. The molecular weight excluding hydrogens is 286 g/mol. The maximum Gasteiger partial charge on any atom is 0.136 e. The van der Waals surface area contributed by atoms with Crippen molar-refractivity contribution < 1.29 is 0 Å². The second-order valence-corrected chi connectivity index (χ2v) is 5.42. The van der Waals surface area contributed by atoms with Gasteiger partial charge in [0, 0.05) is 23.1 Å². The van der Waals surface area contributed by atoms with E-state index >= 15 is 0 Å². The molecule has 0 radical (unpaired) electrons. The van der Waals surface area contributed by atoms with E-state index in [2.05, 4.69) is 39.7 Å². The average molecular weight is 305 g/mol. The van der Waals surface area contributed by atoms with Gasteiger partial charge in [0.15, 0.2) is 0 Å². The van der Waals surface area contributed by atoms with Crippen molar-refractivity contribution in [3.05, 3.63) is 66.0 Å². The molecule has 0 fully saturated rings. The SMILES string of the molecule is Cc1ccc(Nc2cc(Nc3ccc(N)cc3)nc(C)n2)cc1. The highest BCUT2D eigenvalue weighted by Crippen LogP contribution is 2.21. The molecule has 3 aromatic rings. The van der Waals surface area contributed by atoms with Gasteiger partial charge in [-0.25, -0.2) is 9.97 Å². The molecule has 0 saturated heterocycles. The van der Waals surface area contributed by atoms with Gasteiger partial charge < -0.3 is 16.4 Å². The van der Waals surface area contributed by atoms with Gasteiger partial charge >= 0.3 is 0 Å². The number of aryl methyl sites for hydroxylation is 2. The van der Waals surface area contributed by atoms with Gasteiger partial charge in [-0.3, -0.25) is 0 Å². The summed E-state index contributed by atoms with van der Waals surface area (Å²) < 4.78 is 0. The lowest BCUT2D eigenvalue weighted by Gasteiger charge is -2.10. The normalized spacial score (nSPS) is 10.3. The standard InChI is InChI=1S/C18H19N5/c1-12-3-7-15(8-4-12)22-17-11-18(21-13(2)20-17)23-16-9-5-14(19)6-10-16/h3-11H,19H2,1-2H3,(H2,20,21,22,23). The van der Waals surface area contributed by atoms with E-state index in [0.29, 0.717) is 5.82 Å². The lowest BCUT2D eigenvalue weighted by Crippen LogP contribution is -2.01. The molecule has 0 atom stereocenters. The first kappa shape index (κ1) is 14.8. The maximum atomic E-state index is 5.70. The topological polar surface area (TPSA) is 75.9 Å². The van der Waals surface area contributed by atoms with Crippen LogP contribution >= 0.6 is 0 Å². The van der Waals surface area contributed by atoms with Crippen LogP contribution in [-0.2, 0) is 0 Å². The number of nitrogens with zero attached hydrogens (tertiary/aromatic N) is 2. The van der Waals surface area contributed by atoms with Crippen molar-refractivity contribution in [2.45, 2.75) is 13.8 Å². The van der Waals surface area contributed by atoms with Crippen molar-refractivity contribution in [3.63, 3.8) is 0 Å². The van der Waals surface area contributed by atoms with Gasteiger partial charge in [0.05, 0.1) is 0 Å². The molecule has 0 aliphatic heterocycles. The molecule has 23 heavy (non-hydrogen) atoms. The third-order valence-corrected chi connectivity index (χ3v) is 3.35. The Kier molecular flexibility index (Phi) is 4.10. The molecule has 0 saturated carbocycles. The predicted octanol–water partition coefficient (Wildman–Crippen LogP) is 4.16. The average Bonchev–Trinajstić information content (AvgIpc) is 2.51. The van der Waals surface area contributed by atoms with Crippen molar-refractivity contribution in [2.75, 3.05) is 16.4 Å². The van der Waals surface area contributed by atoms with Gasteiger partial charge in [-0.15, -0.1) is 0 Å². The van der Waals surface area contributed by atoms with Crippen LogP contribution in [0.4, 0.5) is 28.7 Å². The molecule has 116 valence electrons. The smallest absolute Gasteiger partial charge is 0.136 e. The molecule has 0 aliphatic carbocycles. The minimum atomic E-state index is 0.694. The fourth-order valence-electron chi connectivity index (χ4n) is 2.19. The van der Waals surface area contributed by atoms with Crippen LogP contribution in [0.2, 0.25) is 0 Å². The molecule has 0 aliphatic rings. The molecule has 3 rings (SSSR count). The van der Waals surface area contributed by atoms with Crippen molar-refractivity contribution in [1.29, 1.82) is 0 Å². The van der Waals surface area contributed by atoms with Gasteiger partial charge in [-0.1, -0.05) is 17.7 Å². The summed E-state index contributed by atoms with van der Waals surface area (Å²) in [6, 6.07) is 17.6. The molecule has 0 unspecified atom stereocenters. The largest absolute Gasteiger partial charge is 0.399 e.